The van der Waals surface area contributed by atoms with Crippen molar-refractivity contribution in [3.63, 3.8) is 0 Å². The number of hydrogen-bond acceptors (Lipinski definition) is 7. The smallest absolute Gasteiger partial charge is 0.247 e. The molecule has 0 aliphatic carbocycles. The SMILES string of the molecule is Cc1cnc(S(C)(=O)=O)nc1-c1cn(-c2ccccc2)c2nc(-c3c(C)noc3C)ccc12. The van der Waals surface area contributed by atoms with Crippen LogP contribution in [0, 0.1) is 20.8 Å². The third-order valence-corrected chi connectivity index (χ3v) is 6.37. The number of hydrogen-bond donors (Lipinski definition) is 0. The molecule has 0 amide bonds. The minimum atomic E-state index is -3.56. The second-order valence-electron chi connectivity index (χ2n) is 7.97. The lowest BCUT2D eigenvalue weighted by Gasteiger charge is -2.06. The Morgan fingerprint density at radius 1 is 0.970 bits per heavy atom. The van der Waals surface area contributed by atoms with Gasteiger partial charge in [-0.1, -0.05) is 23.4 Å². The number of nitrogens with zero attached hydrogens (tertiary/aromatic N) is 5. The second kappa shape index (κ2) is 7.63. The van der Waals surface area contributed by atoms with Crippen molar-refractivity contribution in [1.29, 1.82) is 0 Å². The van der Waals surface area contributed by atoms with Gasteiger partial charge in [0.05, 0.1) is 22.6 Å². The molecule has 0 bridgehead atoms. The summed E-state index contributed by atoms with van der Waals surface area (Å²) in [6, 6.07) is 13.7. The van der Waals surface area contributed by atoms with Crippen LogP contribution in [0.1, 0.15) is 17.0 Å². The van der Waals surface area contributed by atoms with Crippen molar-refractivity contribution in [2.45, 2.75) is 25.9 Å². The summed E-state index contributed by atoms with van der Waals surface area (Å²) in [6.45, 7) is 5.61. The van der Waals surface area contributed by atoms with Gasteiger partial charge in [0.15, 0.2) is 0 Å². The van der Waals surface area contributed by atoms with E-state index in [9.17, 15) is 8.42 Å². The molecule has 9 heteroatoms. The molecule has 0 N–H and O–H groups in total. The molecule has 5 rings (SSSR count). The molecule has 0 saturated heterocycles. The Morgan fingerprint density at radius 2 is 1.73 bits per heavy atom. The van der Waals surface area contributed by atoms with Crippen molar-refractivity contribution in [1.82, 2.24) is 24.7 Å². The summed E-state index contributed by atoms with van der Waals surface area (Å²) < 4.78 is 31.5. The maximum absolute atomic E-state index is 12.1. The summed E-state index contributed by atoms with van der Waals surface area (Å²) in [5.41, 5.74) is 6.10. The lowest BCUT2D eigenvalue weighted by Crippen LogP contribution is -2.05. The van der Waals surface area contributed by atoms with Crippen LogP contribution in [0.15, 0.2) is 64.5 Å². The highest BCUT2D eigenvalue weighted by Crippen LogP contribution is 2.35. The molecule has 33 heavy (non-hydrogen) atoms. The van der Waals surface area contributed by atoms with Gasteiger partial charge in [0, 0.05) is 35.3 Å². The van der Waals surface area contributed by atoms with E-state index >= 15 is 0 Å². The van der Waals surface area contributed by atoms with Crippen molar-refractivity contribution in [2.24, 2.45) is 0 Å². The fourth-order valence-electron chi connectivity index (χ4n) is 3.94. The summed E-state index contributed by atoms with van der Waals surface area (Å²) in [5, 5.41) is 4.69. The number of fused-ring (bicyclic) bond motifs is 1. The van der Waals surface area contributed by atoms with Crippen molar-refractivity contribution in [3.05, 3.63) is 71.9 Å². The molecule has 4 aromatic heterocycles. The molecule has 166 valence electrons. The van der Waals surface area contributed by atoms with Crippen LogP contribution in [-0.4, -0.2) is 39.3 Å². The number of para-hydroxylation sites is 1. The van der Waals surface area contributed by atoms with Gasteiger partial charge in [0.25, 0.3) is 0 Å². The number of aryl methyl sites for hydroxylation is 3. The zero-order chi connectivity index (χ0) is 23.3. The van der Waals surface area contributed by atoms with Crippen LogP contribution in [0.2, 0.25) is 0 Å². The number of aromatic nitrogens is 5. The van der Waals surface area contributed by atoms with E-state index in [-0.39, 0.29) is 5.16 Å². The minimum absolute atomic E-state index is 0.205. The van der Waals surface area contributed by atoms with Gasteiger partial charge in [-0.2, -0.15) is 0 Å². The van der Waals surface area contributed by atoms with Crippen LogP contribution in [0.4, 0.5) is 0 Å². The van der Waals surface area contributed by atoms with E-state index in [1.165, 1.54) is 6.20 Å². The van der Waals surface area contributed by atoms with E-state index in [1.54, 1.807) is 0 Å². The Hall–Kier alpha value is -3.85. The normalized spacial score (nSPS) is 11.9. The van der Waals surface area contributed by atoms with Gasteiger partial charge in [-0.15, -0.1) is 0 Å². The Kier molecular flexibility index (Phi) is 4.86. The Labute approximate surface area is 190 Å². The van der Waals surface area contributed by atoms with Crippen molar-refractivity contribution in [2.75, 3.05) is 6.26 Å². The van der Waals surface area contributed by atoms with Crippen LogP contribution in [0.25, 0.3) is 39.2 Å². The Morgan fingerprint density at radius 3 is 2.39 bits per heavy atom. The van der Waals surface area contributed by atoms with E-state index in [1.807, 2.05) is 74.0 Å². The van der Waals surface area contributed by atoms with E-state index in [0.717, 1.165) is 45.4 Å². The van der Waals surface area contributed by atoms with Gasteiger partial charge in [-0.05, 0) is 50.6 Å². The molecular formula is C24H21N5O3S. The van der Waals surface area contributed by atoms with Crippen molar-refractivity contribution in [3.8, 4) is 28.2 Å². The highest BCUT2D eigenvalue weighted by Gasteiger charge is 2.21. The molecule has 0 spiro atoms. The largest absolute Gasteiger partial charge is 0.361 e. The zero-order valence-corrected chi connectivity index (χ0v) is 19.4. The first-order valence-corrected chi connectivity index (χ1v) is 12.2. The second-order valence-corrected chi connectivity index (χ2v) is 9.88. The standard InChI is InChI=1S/C24H21N5O3S/c1-14-12-25-24(33(4,30)31)27-22(14)19-13-29(17-8-6-5-7-9-17)23-18(19)10-11-20(26-23)21-15(2)28-32-16(21)3/h5-13H,1-4H3. The van der Waals surface area contributed by atoms with Crippen LogP contribution in [0.3, 0.4) is 0 Å². The molecule has 0 radical (unpaired) electrons. The predicted octanol–water partition coefficient (Wildman–Crippen LogP) is 4.47. The van der Waals surface area contributed by atoms with Crippen LogP contribution in [0.5, 0.6) is 0 Å². The lowest BCUT2D eigenvalue weighted by atomic mass is 10.1. The maximum Gasteiger partial charge on any atom is 0.247 e. The molecule has 4 heterocycles. The lowest BCUT2D eigenvalue weighted by molar-refractivity contribution is 0.393. The number of sulfone groups is 1. The molecule has 0 unspecified atom stereocenters. The van der Waals surface area contributed by atoms with Crippen molar-refractivity contribution >= 4 is 20.9 Å². The van der Waals surface area contributed by atoms with Crippen LogP contribution >= 0.6 is 0 Å². The molecule has 0 atom stereocenters. The number of benzene rings is 1. The molecule has 0 aliphatic heterocycles. The zero-order valence-electron chi connectivity index (χ0n) is 18.6. The van der Waals surface area contributed by atoms with Gasteiger partial charge in [-0.3, -0.25) is 0 Å². The average molecular weight is 460 g/mol. The van der Waals surface area contributed by atoms with Gasteiger partial charge < -0.3 is 9.09 Å². The van der Waals surface area contributed by atoms with Gasteiger partial charge in [0.2, 0.25) is 15.0 Å². The average Bonchev–Trinajstić information content (AvgIpc) is 3.33. The minimum Gasteiger partial charge on any atom is -0.361 e. The summed E-state index contributed by atoms with van der Waals surface area (Å²) in [5.74, 6) is 0.696. The van der Waals surface area contributed by atoms with E-state index in [2.05, 4.69) is 15.1 Å². The third-order valence-electron chi connectivity index (χ3n) is 5.51. The Balaban J connectivity index is 1.82. The van der Waals surface area contributed by atoms with E-state index < -0.39 is 9.84 Å². The summed E-state index contributed by atoms with van der Waals surface area (Å²) in [4.78, 5) is 13.4. The highest BCUT2D eigenvalue weighted by molar-refractivity contribution is 7.90. The first-order valence-electron chi connectivity index (χ1n) is 10.3. The summed E-state index contributed by atoms with van der Waals surface area (Å²) in [6.07, 6.45) is 4.58. The summed E-state index contributed by atoms with van der Waals surface area (Å²) in [7, 11) is -3.56. The van der Waals surface area contributed by atoms with Crippen molar-refractivity contribution < 1.29 is 12.9 Å². The molecular weight excluding hydrogens is 438 g/mol. The first kappa shape index (κ1) is 21.0. The first-order chi connectivity index (χ1) is 15.7. The quantitative estimate of drug-likeness (QED) is 0.365. The number of rotatable bonds is 4. The van der Waals surface area contributed by atoms with Gasteiger partial charge in [-0.25, -0.2) is 23.4 Å². The predicted molar refractivity (Wildman–Crippen MR) is 125 cm³/mol. The van der Waals surface area contributed by atoms with Crippen LogP contribution < -0.4 is 0 Å². The van der Waals surface area contributed by atoms with Crippen LogP contribution in [-0.2, 0) is 9.84 Å². The molecule has 0 fully saturated rings. The molecule has 8 nitrogen and oxygen atoms in total. The fraction of sp³-hybridized carbons (Fsp3) is 0.167. The monoisotopic (exact) mass is 459 g/mol. The van der Waals surface area contributed by atoms with E-state index in [4.69, 9.17) is 9.51 Å². The van der Waals surface area contributed by atoms with E-state index in [0.29, 0.717) is 17.1 Å². The summed E-state index contributed by atoms with van der Waals surface area (Å²) >= 11 is 0. The third kappa shape index (κ3) is 3.60. The highest BCUT2D eigenvalue weighted by atomic mass is 32.2. The topological polar surface area (TPSA) is 104 Å². The number of pyridine rings is 1. The maximum atomic E-state index is 12.1. The molecule has 1 aromatic carbocycles. The Bertz CT molecular complexity index is 1600. The van der Waals surface area contributed by atoms with Gasteiger partial charge in [0.1, 0.15) is 11.4 Å². The fourth-order valence-corrected chi connectivity index (χ4v) is 4.44. The molecule has 0 saturated carbocycles. The van der Waals surface area contributed by atoms with Gasteiger partial charge >= 0.3 is 0 Å². The molecule has 0 aliphatic rings. The molecule has 5 aromatic rings.